The molecule has 0 bridgehead atoms. The van der Waals surface area contributed by atoms with Crippen LogP contribution in [0.2, 0.25) is 0 Å². The van der Waals surface area contributed by atoms with Gasteiger partial charge in [-0.3, -0.25) is 4.79 Å². The highest BCUT2D eigenvalue weighted by Gasteiger charge is 2.19. The Balaban J connectivity index is 2.10. The third-order valence-electron chi connectivity index (χ3n) is 4.03. The van der Waals surface area contributed by atoms with Crippen LogP contribution in [0.25, 0.3) is 0 Å². The number of nitrogens with one attached hydrogen (secondary N) is 1. The Morgan fingerprint density at radius 3 is 2.95 bits per heavy atom. The number of hydrogen-bond donors (Lipinski definition) is 1. The first-order valence-corrected chi connectivity index (χ1v) is 8.22. The summed E-state index contributed by atoms with van der Waals surface area (Å²) in [5.41, 5.74) is 0. The molecule has 1 saturated heterocycles. The molecule has 0 spiro atoms. The predicted molar refractivity (Wildman–Crippen MR) is 89.2 cm³/mol. The van der Waals surface area contributed by atoms with Crippen LogP contribution in [-0.4, -0.2) is 48.6 Å². The van der Waals surface area contributed by atoms with E-state index in [-0.39, 0.29) is 5.91 Å². The highest BCUT2D eigenvalue weighted by Crippen LogP contribution is 2.23. The first kappa shape index (κ1) is 16.5. The lowest BCUT2D eigenvalue weighted by Gasteiger charge is -2.32. The second kappa shape index (κ2) is 7.96. The minimum atomic E-state index is 0.0242. The van der Waals surface area contributed by atoms with Gasteiger partial charge in [0, 0.05) is 32.2 Å². The molecule has 0 aliphatic carbocycles. The summed E-state index contributed by atoms with van der Waals surface area (Å²) in [7, 11) is 0. The standard InChI is InChI=1S/C16H27N5O/c1-4-17-16(22)11-20(5-2)14-9-15(19-12-18-14)21-8-6-7-13(3)10-21/h9,12-13H,4-8,10-11H2,1-3H3,(H,17,22). The summed E-state index contributed by atoms with van der Waals surface area (Å²) >= 11 is 0. The van der Waals surface area contributed by atoms with Crippen molar-refractivity contribution in [1.29, 1.82) is 0 Å². The second-order valence-electron chi connectivity index (χ2n) is 5.90. The van der Waals surface area contributed by atoms with E-state index >= 15 is 0 Å². The minimum Gasteiger partial charge on any atom is -0.356 e. The van der Waals surface area contributed by atoms with Gasteiger partial charge >= 0.3 is 0 Å². The minimum absolute atomic E-state index is 0.0242. The second-order valence-corrected chi connectivity index (χ2v) is 5.90. The van der Waals surface area contributed by atoms with Crippen molar-refractivity contribution >= 4 is 17.5 Å². The molecule has 6 nitrogen and oxygen atoms in total. The van der Waals surface area contributed by atoms with Crippen molar-refractivity contribution in [1.82, 2.24) is 15.3 Å². The van der Waals surface area contributed by atoms with E-state index in [1.165, 1.54) is 12.8 Å². The fourth-order valence-electron chi connectivity index (χ4n) is 2.86. The van der Waals surface area contributed by atoms with Gasteiger partial charge in [-0.1, -0.05) is 6.92 Å². The maximum Gasteiger partial charge on any atom is 0.239 e. The van der Waals surface area contributed by atoms with Crippen LogP contribution in [0.5, 0.6) is 0 Å². The molecule has 1 amide bonds. The molecule has 0 aromatic carbocycles. The van der Waals surface area contributed by atoms with Crippen molar-refractivity contribution < 1.29 is 4.79 Å². The number of likely N-dealkylation sites (N-methyl/N-ethyl adjacent to an activating group) is 2. The number of piperidine rings is 1. The van der Waals surface area contributed by atoms with Crippen molar-refractivity contribution in [3.8, 4) is 0 Å². The average molecular weight is 305 g/mol. The van der Waals surface area contributed by atoms with Crippen LogP contribution in [-0.2, 0) is 4.79 Å². The first-order chi connectivity index (χ1) is 10.6. The molecule has 1 atom stereocenters. The van der Waals surface area contributed by atoms with E-state index in [0.29, 0.717) is 19.0 Å². The molecule has 2 heterocycles. The number of carbonyl (C=O) groups is 1. The summed E-state index contributed by atoms with van der Waals surface area (Å²) in [5.74, 6) is 2.50. The normalized spacial score (nSPS) is 18.1. The molecule has 0 saturated carbocycles. The van der Waals surface area contributed by atoms with E-state index in [0.717, 1.165) is 31.3 Å². The molecule has 122 valence electrons. The van der Waals surface area contributed by atoms with Gasteiger partial charge in [-0.15, -0.1) is 0 Å². The van der Waals surface area contributed by atoms with Gasteiger partial charge in [-0.25, -0.2) is 9.97 Å². The molecule has 1 aromatic heterocycles. The van der Waals surface area contributed by atoms with Crippen molar-refractivity contribution in [3.05, 3.63) is 12.4 Å². The lowest BCUT2D eigenvalue weighted by Crippen LogP contribution is -2.38. The zero-order valence-electron chi connectivity index (χ0n) is 13.9. The molecular formula is C16H27N5O. The largest absolute Gasteiger partial charge is 0.356 e. The maximum atomic E-state index is 11.8. The van der Waals surface area contributed by atoms with E-state index in [1.807, 2.05) is 24.8 Å². The van der Waals surface area contributed by atoms with Crippen LogP contribution in [0, 0.1) is 5.92 Å². The predicted octanol–water partition coefficient (Wildman–Crippen LogP) is 1.68. The third kappa shape index (κ3) is 4.32. The Morgan fingerprint density at radius 1 is 1.45 bits per heavy atom. The Hall–Kier alpha value is -1.85. The van der Waals surface area contributed by atoms with Gasteiger partial charge in [0.15, 0.2) is 0 Å². The van der Waals surface area contributed by atoms with Crippen LogP contribution in [0.1, 0.15) is 33.6 Å². The lowest BCUT2D eigenvalue weighted by atomic mass is 10.0. The van der Waals surface area contributed by atoms with E-state index in [2.05, 4.69) is 27.1 Å². The number of carbonyl (C=O) groups excluding carboxylic acids is 1. The molecule has 1 fully saturated rings. The number of aromatic nitrogens is 2. The van der Waals surface area contributed by atoms with Crippen molar-refractivity contribution in [3.63, 3.8) is 0 Å². The molecule has 1 aliphatic heterocycles. The Morgan fingerprint density at radius 2 is 2.27 bits per heavy atom. The van der Waals surface area contributed by atoms with E-state index in [1.54, 1.807) is 6.33 Å². The van der Waals surface area contributed by atoms with Gasteiger partial charge in [-0.05, 0) is 32.6 Å². The molecule has 22 heavy (non-hydrogen) atoms. The highest BCUT2D eigenvalue weighted by atomic mass is 16.2. The molecule has 1 unspecified atom stereocenters. The van der Waals surface area contributed by atoms with E-state index in [9.17, 15) is 4.79 Å². The lowest BCUT2D eigenvalue weighted by molar-refractivity contribution is -0.119. The van der Waals surface area contributed by atoms with E-state index < -0.39 is 0 Å². The van der Waals surface area contributed by atoms with Crippen molar-refractivity contribution in [2.45, 2.75) is 33.6 Å². The summed E-state index contributed by atoms with van der Waals surface area (Å²) in [6, 6.07) is 2.00. The number of rotatable bonds is 6. The Labute approximate surface area is 132 Å². The Bertz CT molecular complexity index is 493. The van der Waals surface area contributed by atoms with Crippen LogP contribution >= 0.6 is 0 Å². The van der Waals surface area contributed by atoms with Gasteiger partial charge in [0.25, 0.3) is 0 Å². The fraction of sp³-hybridized carbons (Fsp3) is 0.688. The van der Waals surface area contributed by atoms with Gasteiger partial charge in [0.1, 0.15) is 18.0 Å². The number of amides is 1. The molecule has 2 rings (SSSR count). The van der Waals surface area contributed by atoms with Gasteiger partial charge in [0.2, 0.25) is 5.91 Å². The Kier molecular flexibility index (Phi) is 5.98. The molecule has 1 aromatic rings. The summed E-state index contributed by atoms with van der Waals surface area (Å²) in [6.45, 7) is 10.0. The summed E-state index contributed by atoms with van der Waals surface area (Å²) in [6.07, 6.45) is 4.09. The van der Waals surface area contributed by atoms with Gasteiger partial charge < -0.3 is 15.1 Å². The quantitative estimate of drug-likeness (QED) is 0.866. The number of hydrogen-bond acceptors (Lipinski definition) is 5. The molecule has 0 radical (unpaired) electrons. The van der Waals surface area contributed by atoms with Crippen molar-refractivity contribution in [2.75, 3.05) is 42.5 Å². The molecular weight excluding hydrogens is 278 g/mol. The number of anilines is 2. The fourth-order valence-corrected chi connectivity index (χ4v) is 2.86. The monoisotopic (exact) mass is 305 g/mol. The first-order valence-electron chi connectivity index (χ1n) is 8.22. The average Bonchev–Trinajstić information content (AvgIpc) is 2.53. The zero-order valence-corrected chi connectivity index (χ0v) is 13.9. The van der Waals surface area contributed by atoms with Crippen LogP contribution < -0.4 is 15.1 Å². The third-order valence-corrected chi connectivity index (χ3v) is 4.03. The van der Waals surface area contributed by atoms with Crippen molar-refractivity contribution in [2.24, 2.45) is 5.92 Å². The molecule has 1 N–H and O–H groups in total. The number of nitrogens with zero attached hydrogens (tertiary/aromatic N) is 4. The van der Waals surface area contributed by atoms with Crippen LogP contribution in [0.4, 0.5) is 11.6 Å². The van der Waals surface area contributed by atoms with Gasteiger partial charge in [-0.2, -0.15) is 0 Å². The zero-order chi connectivity index (χ0) is 15.9. The van der Waals surface area contributed by atoms with E-state index in [4.69, 9.17) is 0 Å². The SMILES string of the molecule is CCNC(=O)CN(CC)c1cc(N2CCCC(C)C2)ncn1. The smallest absolute Gasteiger partial charge is 0.239 e. The maximum absolute atomic E-state index is 11.8. The molecule has 6 heteroatoms. The summed E-state index contributed by atoms with van der Waals surface area (Å²) in [5, 5.41) is 2.83. The van der Waals surface area contributed by atoms with Gasteiger partial charge in [0.05, 0.1) is 6.54 Å². The van der Waals surface area contributed by atoms with Crippen LogP contribution in [0.3, 0.4) is 0 Å². The summed E-state index contributed by atoms with van der Waals surface area (Å²) in [4.78, 5) is 24.9. The summed E-state index contributed by atoms with van der Waals surface area (Å²) < 4.78 is 0. The molecule has 1 aliphatic rings. The van der Waals surface area contributed by atoms with Crippen LogP contribution in [0.15, 0.2) is 12.4 Å². The topological polar surface area (TPSA) is 61.4 Å². The highest BCUT2D eigenvalue weighted by molar-refractivity contribution is 5.81.